The number of nitrogens with one attached hydrogen (secondary N) is 4. The predicted molar refractivity (Wildman–Crippen MR) is 124 cm³/mol. The summed E-state index contributed by atoms with van der Waals surface area (Å²) in [6.07, 6.45) is 3.29. The second kappa shape index (κ2) is 12.3. The van der Waals surface area contributed by atoms with E-state index in [1.165, 1.54) is 5.56 Å². The first-order chi connectivity index (χ1) is 15.3. The van der Waals surface area contributed by atoms with Crippen LogP contribution in [0.4, 0.5) is 17.3 Å². The van der Waals surface area contributed by atoms with E-state index < -0.39 is 11.9 Å². The third-order valence-electron chi connectivity index (χ3n) is 4.40. The summed E-state index contributed by atoms with van der Waals surface area (Å²) in [5.74, 6) is -1.91. The van der Waals surface area contributed by atoms with Crippen molar-refractivity contribution in [3.63, 3.8) is 0 Å². The highest BCUT2D eigenvalue weighted by Gasteiger charge is 2.16. The third-order valence-corrected chi connectivity index (χ3v) is 4.68. The molecule has 2 rings (SSSR count). The lowest BCUT2D eigenvalue weighted by Crippen LogP contribution is -2.41. The minimum Gasteiger partial charge on any atom is -0.481 e. The van der Waals surface area contributed by atoms with E-state index in [1.807, 2.05) is 24.3 Å². The molecule has 0 atom stereocenters. The van der Waals surface area contributed by atoms with Gasteiger partial charge in [-0.15, -0.1) is 0 Å². The molecule has 0 saturated heterocycles. The average Bonchev–Trinajstić information content (AvgIpc) is 2.74. The number of aryl methyl sites for hydroxylation is 1. The van der Waals surface area contributed by atoms with Crippen LogP contribution in [0.3, 0.4) is 0 Å². The van der Waals surface area contributed by atoms with Crippen molar-refractivity contribution in [1.82, 2.24) is 20.6 Å². The number of hydrogen-bond acceptors (Lipinski definition) is 8. The molecule has 0 radical (unpaired) electrons. The molecule has 0 aliphatic rings. The molecule has 0 aliphatic heterocycles. The first-order valence-corrected chi connectivity index (χ1v) is 10.4. The maximum absolute atomic E-state index is 12.1. The topological polar surface area (TPSA) is 192 Å². The van der Waals surface area contributed by atoms with Crippen LogP contribution in [0.25, 0.3) is 0 Å². The van der Waals surface area contributed by atoms with Crippen molar-refractivity contribution in [3.8, 4) is 0 Å². The first-order valence-electron chi connectivity index (χ1n) is 10.0. The lowest BCUT2D eigenvalue weighted by Gasteiger charge is -2.10. The fraction of sp³-hybridized carbons (Fsp3) is 0.350. The van der Waals surface area contributed by atoms with E-state index in [0.29, 0.717) is 19.5 Å². The molecular weight excluding hydrogens is 436 g/mol. The SMILES string of the molecule is N=C(NCCCCc1ccc(NCCCC(=O)O)cc1)NC(=O)c1nc(Cl)c(N)nc1N. The number of carboxylic acid groups (broad SMARTS) is 1. The summed E-state index contributed by atoms with van der Waals surface area (Å²) in [4.78, 5) is 30.2. The van der Waals surface area contributed by atoms with E-state index in [2.05, 4.69) is 25.9 Å². The normalized spacial score (nSPS) is 10.4. The summed E-state index contributed by atoms with van der Waals surface area (Å²) in [5.41, 5.74) is 13.0. The van der Waals surface area contributed by atoms with Crippen LogP contribution in [0, 0.1) is 5.41 Å². The number of aromatic nitrogens is 2. The van der Waals surface area contributed by atoms with Gasteiger partial charge in [-0.2, -0.15) is 0 Å². The lowest BCUT2D eigenvalue weighted by molar-refractivity contribution is -0.137. The molecule has 0 saturated carbocycles. The summed E-state index contributed by atoms with van der Waals surface area (Å²) in [6.45, 7) is 1.12. The minimum absolute atomic E-state index is 0.0736. The standard InChI is InChI=1S/C20H27ClN8O3/c21-16-18(23)28-17(22)15(27-16)19(32)29-20(24)26-10-2-1-4-12-6-8-13(9-7-12)25-11-3-5-14(30)31/h6-9,25H,1-5,10-11H2,(H,30,31)(H4,22,23,28)(H3,24,26,29,32). The second-order valence-electron chi connectivity index (χ2n) is 6.97. The Hall–Kier alpha value is -3.60. The van der Waals surface area contributed by atoms with Crippen molar-refractivity contribution in [2.24, 2.45) is 0 Å². The molecule has 172 valence electrons. The Labute approximate surface area is 190 Å². The van der Waals surface area contributed by atoms with Gasteiger partial charge < -0.3 is 27.2 Å². The van der Waals surface area contributed by atoms with Crippen molar-refractivity contribution < 1.29 is 14.7 Å². The second-order valence-corrected chi connectivity index (χ2v) is 7.33. The van der Waals surface area contributed by atoms with Gasteiger partial charge in [0, 0.05) is 25.2 Å². The quantitative estimate of drug-likeness (QED) is 0.148. The molecule has 32 heavy (non-hydrogen) atoms. The largest absolute Gasteiger partial charge is 0.481 e. The Morgan fingerprint density at radius 3 is 2.44 bits per heavy atom. The van der Waals surface area contributed by atoms with Crippen LogP contribution in [0.15, 0.2) is 24.3 Å². The van der Waals surface area contributed by atoms with Crippen molar-refractivity contribution in [3.05, 3.63) is 40.7 Å². The number of hydrogen-bond donors (Lipinski definition) is 7. The van der Waals surface area contributed by atoms with Crippen LogP contribution in [0.5, 0.6) is 0 Å². The van der Waals surface area contributed by atoms with Crippen molar-refractivity contribution in [2.45, 2.75) is 32.1 Å². The first kappa shape index (κ1) is 24.7. The van der Waals surface area contributed by atoms with E-state index in [-0.39, 0.29) is 34.9 Å². The van der Waals surface area contributed by atoms with Gasteiger partial charge in [0.25, 0.3) is 5.91 Å². The van der Waals surface area contributed by atoms with Crippen molar-refractivity contribution in [2.75, 3.05) is 29.9 Å². The molecule has 1 amide bonds. The van der Waals surface area contributed by atoms with Crippen LogP contribution in [-0.2, 0) is 11.2 Å². The fourth-order valence-electron chi connectivity index (χ4n) is 2.75. The van der Waals surface area contributed by atoms with Crippen LogP contribution < -0.4 is 27.4 Å². The molecule has 0 spiro atoms. The molecule has 11 nitrogen and oxygen atoms in total. The number of amides is 1. The number of nitrogen functional groups attached to an aromatic ring is 2. The number of nitrogens with zero attached hydrogens (tertiary/aromatic N) is 2. The molecule has 2 aromatic rings. The zero-order chi connectivity index (χ0) is 23.5. The summed E-state index contributed by atoms with van der Waals surface area (Å²) < 4.78 is 0. The predicted octanol–water partition coefficient (Wildman–Crippen LogP) is 1.85. The number of rotatable bonds is 11. The lowest BCUT2D eigenvalue weighted by atomic mass is 10.1. The summed E-state index contributed by atoms with van der Waals surface area (Å²) in [6, 6.07) is 7.99. The molecule has 1 aromatic heterocycles. The van der Waals surface area contributed by atoms with Gasteiger partial charge in [-0.1, -0.05) is 23.7 Å². The number of unbranched alkanes of at least 4 members (excludes halogenated alkanes) is 1. The molecule has 1 heterocycles. The van der Waals surface area contributed by atoms with E-state index in [0.717, 1.165) is 24.9 Å². The van der Waals surface area contributed by atoms with Gasteiger partial charge in [-0.05, 0) is 43.4 Å². The Bertz CT molecular complexity index is 953. The number of guanidine groups is 1. The van der Waals surface area contributed by atoms with Crippen molar-refractivity contribution >= 4 is 46.8 Å². The van der Waals surface area contributed by atoms with Gasteiger partial charge in [-0.3, -0.25) is 20.3 Å². The highest BCUT2D eigenvalue weighted by Crippen LogP contribution is 2.17. The molecule has 1 aromatic carbocycles. The van der Waals surface area contributed by atoms with Crippen LogP contribution in [-0.4, -0.2) is 46.0 Å². The molecule has 9 N–H and O–H groups in total. The van der Waals surface area contributed by atoms with E-state index in [9.17, 15) is 9.59 Å². The van der Waals surface area contributed by atoms with Crippen LogP contribution >= 0.6 is 11.6 Å². The van der Waals surface area contributed by atoms with E-state index in [4.69, 9.17) is 33.6 Å². The summed E-state index contributed by atoms with van der Waals surface area (Å²) >= 11 is 5.76. The summed E-state index contributed by atoms with van der Waals surface area (Å²) in [5, 5.41) is 24.7. The van der Waals surface area contributed by atoms with E-state index in [1.54, 1.807) is 0 Å². The number of carboxylic acids is 1. The molecule has 12 heteroatoms. The van der Waals surface area contributed by atoms with E-state index >= 15 is 0 Å². The Morgan fingerprint density at radius 1 is 1.03 bits per heavy atom. The number of carbonyl (C=O) groups is 2. The van der Waals surface area contributed by atoms with Crippen molar-refractivity contribution in [1.29, 1.82) is 5.41 Å². The number of halogens is 1. The monoisotopic (exact) mass is 462 g/mol. The van der Waals surface area contributed by atoms with Gasteiger partial charge in [-0.25, -0.2) is 9.97 Å². The highest BCUT2D eigenvalue weighted by molar-refractivity contribution is 6.31. The smallest absolute Gasteiger partial charge is 0.303 e. The third kappa shape index (κ3) is 8.26. The average molecular weight is 463 g/mol. The number of anilines is 3. The Balaban J connectivity index is 1.64. The zero-order valence-corrected chi connectivity index (χ0v) is 18.2. The van der Waals surface area contributed by atoms with Gasteiger partial charge in [0.15, 0.2) is 28.4 Å². The molecule has 0 unspecified atom stereocenters. The van der Waals surface area contributed by atoms with Crippen LogP contribution in [0.1, 0.15) is 41.7 Å². The Morgan fingerprint density at radius 2 is 1.75 bits per heavy atom. The molecule has 0 aliphatic carbocycles. The number of nitrogens with two attached hydrogens (primary N) is 2. The number of benzene rings is 1. The number of carbonyl (C=O) groups excluding carboxylic acids is 1. The Kier molecular flexibility index (Phi) is 9.48. The van der Waals surface area contributed by atoms with Gasteiger partial charge in [0.05, 0.1) is 0 Å². The molecule has 0 bridgehead atoms. The maximum Gasteiger partial charge on any atom is 0.303 e. The number of aliphatic carboxylic acids is 1. The minimum atomic E-state index is -0.792. The summed E-state index contributed by atoms with van der Waals surface area (Å²) in [7, 11) is 0. The van der Waals surface area contributed by atoms with Gasteiger partial charge >= 0.3 is 5.97 Å². The fourth-order valence-corrected chi connectivity index (χ4v) is 2.88. The van der Waals surface area contributed by atoms with Crippen LogP contribution in [0.2, 0.25) is 5.15 Å². The maximum atomic E-state index is 12.1. The zero-order valence-electron chi connectivity index (χ0n) is 17.4. The molecular formula is C20H27ClN8O3. The van der Waals surface area contributed by atoms with Gasteiger partial charge in [0.1, 0.15) is 0 Å². The molecule has 0 fully saturated rings. The van der Waals surface area contributed by atoms with Gasteiger partial charge in [0.2, 0.25) is 0 Å². The highest BCUT2D eigenvalue weighted by atomic mass is 35.5.